The Balaban J connectivity index is 4.94. The van der Waals surface area contributed by atoms with Crippen molar-refractivity contribution in [3.8, 4) is 0 Å². The van der Waals surface area contributed by atoms with E-state index in [4.69, 9.17) is 27.5 Å². The van der Waals surface area contributed by atoms with E-state index in [1.165, 1.54) is 27.0 Å². The highest BCUT2D eigenvalue weighted by Crippen LogP contribution is 2.20. The third-order valence-corrected chi connectivity index (χ3v) is 5.16. The van der Waals surface area contributed by atoms with Crippen LogP contribution in [0.2, 0.25) is 0 Å². The maximum absolute atomic E-state index is 9.94. The molecule has 144 valence electrons. The van der Waals surface area contributed by atoms with Gasteiger partial charge in [0.25, 0.3) is 0 Å². The van der Waals surface area contributed by atoms with Gasteiger partial charge < -0.3 is 42.8 Å². The molecule has 0 aromatic carbocycles. The first-order valence-electron chi connectivity index (χ1n) is 7.61. The van der Waals surface area contributed by atoms with Crippen LogP contribution in [0.3, 0.4) is 0 Å². The molecule has 0 aromatic heterocycles. The summed E-state index contributed by atoms with van der Waals surface area (Å²) in [6.07, 6.45) is -3.31. The summed E-state index contributed by atoms with van der Waals surface area (Å²) >= 11 is 0. The van der Waals surface area contributed by atoms with Gasteiger partial charge in [0, 0.05) is 40.6 Å². The van der Waals surface area contributed by atoms with Gasteiger partial charge in [0.2, 0.25) is 0 Å². The molecule has 24 heavy (non-hydrogen) atoms. The lowest BCUT2D eigenvalue weighted by Crippen LogP contribution is -2.52. The highest BCUT2D eigenvalue weighted by molar-refractivity contribution is 6.66. The van der Waals surface area contributed by atoms with E-state index in [9.17, 15) is 15.3 Å². The van der Waals surface area contributed by atoms with E-state index in [0.717, 1.165) is 0 Å². The number of hydrogen-bond donors (Lipinski definition) is 3. The maximum Gasteiger partial charge on any atom is 0.534 e. The first kappa shape index (κ1) is 23.6. The second-order valence-corrected chi connectivity index (χ2v) is 7.19. The Kier molecular flexibility index (Phi) is 13.6. The quantitative estimate of drug-likeness (QED) is 0.250. The van der Waals surface area contributed by atoms with Gasteiger partial charge in [-0.05, 0) is 5.70 Å². The second-order valence-electron chi connectivity index (χ2n) is 4.87. The average molecular weight is 370 g/mol. The van der Waals surface area contributed by atoms with E-state index in [2.05, 4.69) is 6.58 Å². The molecule has 0 saturated heterocycles. The molecule has 0 aromatic rings. The van der Waals surface area contributed by atoms with E-state index in [1.807, 2.05) is 0 Å². The molecule has 0 fully saturated rings. The molecule has 0 spiro atoms. The molecule has 0 bridgehead atoms. The number of methoxy groups -OCH3 is 3. The fourth-order valence-electron chi connectivity index (χ4n) is 1.63. The van der Waals surface area contributed by atoms with Crippen LogP contribution in [0.25, 0.3) is 0 Å². The summed E-state index contributed by atoms with van der Waals surface area (Å²) in [7, 11) is 0.700. The van der Waals surface area contributed by atoms with Crippen molar-refractivity contribution >= 4 is 8.80 Å². The maximum atomic E-state index is 9.94. The number of aliphatic hydroxyl groups excluding tert-OH is 3. The highest BCUT2D eigenvalue weighted by Gasteiger charge is 2.44. The fraction of sp³-hybridized carbons (Fsp3) is 0.857. The molecule has 0 aliphatic rings. The average Bonchev–Trinajstić information content (AvgIpc) is 2.56. The van der Waals surface area contributed by atoms with Crippen LogP contribution in [0.4, 0.5) is 0 Å². The first-order chi connectivity index (χ1) is 11.4. The third kappa shape index (κ3) is 10.5. The molecular weight excluding hydrogens is 340 g/mol. The molecule has 0 heterocycles. The summed E-state index contributed by atoms with van der Waals surface area (Å²) in [6.45, 7) is 4.35. The smallest absolute Gasteiger partial charge is 0.384 e. The van der Waals surface area contributed by atoms with Crippen molar-refractivity contribution in [3.05, 3.63) is 12.3 Å². The molecule has 0 aliphatic carbocycles. The minimum atomic E-state index is -3.76. The summed E-state index contributed by atoms with van der Waals surface area (Å²) in [6, 6.07) is 0. The van der Waals surface area contributed by atoms with Crippen molar-refractivity contribution in [1.29, 1.82) is 0 Å². The predicted octanol–water partition coefficient (Wildman–Crippen LogP) is -0.235. The normalized spacial score (nSPS) is 17.9. The molecule has 10 heteroatoms. The van der Waals surface area contributed by atoms with Gasteiger partial charge in [-0.15, -0.1) is 0 Å². The van der Waals surface area contributed by atoms with Gasteiger partial charge in [0.1, 0.15) is 0 Å². The topological polar surface area (TPSA) is 116 Å². The second kappa shape index (κ2) is 13.8. The molecule has 3 atom stereocenters. The molecular formula is C14H30O9Si. The summed E-state index contributed by atoms with van der Waals surface area (Å²) < 4.78 is 30.9. The van der Waals surface area contributed by atoms with Crippen LogP contribution in [0, 0.1) is 0 Å². The molecule has 3 unspecified atom stereocenters. The van der Waals surface area contributed by atoms with Crippen LogP contribution < -0.4 is 0 Å². The highest BCUT2D eigenvalue weighted by atomic mass is 28.4. The Morgan fingerprint density at radius 2 is 1.04 bits per heavy atom. The summed E-state index contributed by atoms with van der Waals surface area (Å²) in [5.41, 5.74) is 1.23. The van der Waals surface area contributed by atoms with Gasteiger partial charge in [-0.2, -0.15) is 0 Å². The zero-order valence-electron chi connectivity index (χ0n) is 14.6. The van der Waals surface area contributed by atoms with Gasteiger partial charge in [-0.25, -0.2) is 0 Å². The molecule has 3 N–H and O–H groups in total. The van der Waals surface area contributed by atoms with Crippen LogP contribution in [0.1, 0.15) is 19.3 Å². The fourth-order valence-corrected chi connectivity index (χ4v) is 3.58. The van der Waals surface area contributed by atoms with Crippen molar-refractivity contribution in [2.75, 3.05) is 41.2 Å². The van der Waals surface area contributed by atoms with Gasteiger partial charge in [0.15, 0.2) is 18.9 Å². The zero-order valence-corrected chi connectivity index (χ0v) is 15.6. The number of hydrogen-bond acceptors (Lipinski definition) is 9. The SMILES string of the molecule is C=C[Si](OC(O)CCOC)(OC(O)CCOC)OC(O)CCOC. The van der Waals surface area contributed by atoms with Crippen LogP contribution in [-0.4, -0.2) is 84.1 Å². The van der Waals surface area contributed by atoms with E-state index in [0.29, 0.717) is 0 Å². The van der Waals surface area contributed by atoms with E-state index in [-0.39, 0.29) is 39.1 Å². The van der Waals surface area contributed by atoms with Gasteiger partial charge in [0.05, 0.1) is 19.8 Å². The third-order valence-electron chi connectivity index (χ3n) is 2.86. The number of rotatable bonds is 16. The Labute approximate surface area is 144 Å². The minimum Gasteiger partial charge on any atom is -0.384 e. The number of ether oxygens (including phenoxy) is 3. The van der Waals surface area contributed by atoms with Crippen molar-refractivity contribution in [2.45, 2.75) is 38.1 Å². The van der Waals surface area contributed by atoms with E-state index in [1.54, 1.807) is 0 Å². The lowest BCUT2D eigenvalue weighted by atomic mass is 10.4. The van der Waals surface area contributed by atoms with Gasteiger partial charge >= 0.3 is 8.80 Å². The lowest BCUT2D eigenvalue weighted by Gasteiger charge is -2.32. The molecule has 0 radical (unpaired) electrons. The van der Waals surface area contributed by atoms with E-state index >= 15 is 0 Å². The molecule has 0 saturated carbocycles. The number of aliphatic hydroxyl groups is 3. The predicted molar refractivity (Wildman–Crippen MR) is 86.7 cm³/mol. The standard InChI is InChI=1S/C14H30O9Si/c1-5-24(21-12(15)6-9-18-2,22-13(16)7-10-19-3)23-14(17)8-11-20-4/h5,12-17H,1,6-11H2,2-4H3. The molecule has 0 amide bonds. The Hall–Kier alpha value is -0.403. The van der Waals surface area contributed by atoms with Gasteiger partial charge in [-0.1, -0.05) is 6.58 Å². The summed E-state index contributed by atoms with van der Waals surface area (Å²) in [5, 5.41) is 29.8. The van der Waals surface area contributed by atoms with Crippen molar-refractivity contribution in [3.63, 3.8) is 0 Å². The largest absolute Gasteiger partial charge is 0.534 e. The minimum absolute atomic E-state index is 0.161. The Morgan fingerprint density at radius 3 is 1.25 bits per heavy atom. The zero-order chi connectivity index (χ0) is 18.4. The first-order valence-corrected chi connectivity index (χ1v) is 9.41. The monoisotopic (exact) mass is 370 g/mol. The van der Waals surface area contributed by atoms with Crippen molar-refractivity contribution in [2.24, 2.45) is 0 Å². The van der Waals surface area contributed by atoms with Crippen molar-refractivity contribution in [1.82, 2.24) is 0 Å². The summed E-state index contributed by atoms with van der Waals surface area (Å²) in [4.78, 5) is 0. The van der Waals surface area contributed by atoms with Crippen LogP contribution >= 0.6 is 0 Å². The van der Waals surface area contributed by atoms with E-state index < -0.39 is 27.7 Å². The molecule has 0 rings (SSSR count). The van der Waals surface area contributed by atoms with Crippen LogP contribution in [-0.2, 0) is 27.5 Å². The lowest BCUT2D eigenvalue weighted by molar-refractivity contribution is -0.158. The molecule has 9 nitrogen and oxygen atoms in total. The van der Waals surface area contributed by atoms with Crippen molar-refractivity contribution < 1.29 is 42.8 Å². The Bertz CT molecular complexity index is 278. The Morgan fingerprint density at radius 1 is 0.750 bits per heavy atom. The molecule has 0 aliphatic heterocycles. The van der Waals surface area contributed by atoms with Crippen LogP contribution in [0.15, 0.2) is 12.3 Å². The van der Waals surface area contributed by atoms with Crippen LogP contribution in [0.5, 0.6) is 0 Å². The van der Waals surface area contributed by atoms with Gasteiger partial charge in [-0.3, -0.25) is 0 Å². The summed E-state index contributed by atoms with van der Waals surface area (Å²) in [5.74, 6) is 0.